The van der Waals surface area contributed by atoms with Crippen molar-refractivity contribution < 1.29 is 14.3 Å². The van der Waals surface area contributed by atoms with Crippen LogP contribution >= 0.6 is 0 Å². The van der Waals surface area contributed by atoms with Gasteiger partial charge in [-0.25, -0.2) is 5.43 Å². The number of para-hydroxylation sites is 2. The molecule has 20 heavy (non-hydrogen) atoms. The lowest BCUT2D eigenvalue weighted by atomic mass is 10.2. The van der Waals surface area contributed by atoms with Gasteiger partial charge in [0.15, 0.2) is 11.5 Å². The van der Waals surface area contributed by atoms with Gasteiger partial charge in [-0.05, 0) is 24.3 Å². The first-order chi connectivity index (χ1) is 9.83. The number of benzene rings is 1. The van der Waals surface area contributed by atoms with E-state index in [4.69, 9.17) is 9.47 Å². The molecule has 6 nitrogen and oxygen atoms in total. The lowest BCUT2D eigenvalue weighted by Crippen LogP contribution is -2.42. The molecule has 0 saturated carbocycles. The Bertz CT molecular complexity index is 622. The highest BCUT2D eigenvalue weighted by Crippen LogP contribution is 2.30. The van der Waals surface area contributed by atoms with E-state index in [0.29, 0.717) is 11.5 Å². The third kappa shape index (κ3) is 2.64. The van der Waals surface area contributed by atoms with Crippen molar-refractivity contribution >= 4 is 12.1 Å². The monoisotopic (exact) mass is 271 g/mol. The van der Waals surface area contributed by atoms with Gasteiger partial charge in [0, 0.05) is 6.20 Å². The highest BCUT2D eigenvalue weighted by Gasteiger charge is 2.26. The van der Waals surface area contributed by atoms with Crippen molar-refractivity contribution in [1.29, 1.82) is 0 Å². The number of aromatic amines is 1. The van der Waals surface area contributed by atoms with Crippen LogP contribution in [0.5, 0.6) is 11.5 Å². The molecule has 1 aliphatic rings. The van der Waals surface area contributed by atoms with E-state index in [-0.39, 0.29) is 12.5 Å². The maximum atomic E-state index is 11.9. The van der Waals surface area contributed by atoms with Crippen molar-refractivity contribution in [3.05, 3.63) is 48.3 Å². The zero-order chi connectivity index (χ0) is 13.8. The minimum Gasteiger partial charge on any atom is -0.485 e. The van der Waals surface area contributed by atoms with Gasteiger partial charge in [0.25, 0.3) is 5.91 Å². The van der Waals surface area contributed by atoms with Gasteiger partial charge in [0.05, 0.1) is 11.9 Å². The fourth-order valence-electron chi connectivity index (χ4n) is 1.81. The van der Waals surface area contributed by atoms with Crippen LogP contribution in [0.1, 0.15) is 5.69 Å². The summed E-state index contributed by atoms with van der Waals surface area (Å²) in [6.45, 7) is 0.168. The molecule has 6 heteroatoms. The number of hydrazone groups is 1. The summed E-state index contributed by atoms with van der Waals surface area (Å²) >= 11 is 0. The van der Waals surface area contributed by atoms with E-state index in [9.17, 15) is 4.79 Å². The number of hydrogen-bond donors (Lipinski definition) is 2. The van der Waals surface area contributed by atoms with Gasteiger partial charge in [0.2, 0.25) is 6.10 Å². The number of hydrogen-bond acceptors (Lipinski definition) is 4. The first-order valence-electron chi connectivity index (χ1n) is 6.18. The Morgan fingerprint density at radius 2 is 2.15 bits per heavy atom. The number of carbonyl (C=O) groups excluding carboxylic acids is 1. The molecular weight excluding hydrogens is 258 g/mol. The maximum absolute atomic E-state index is 11.9. The average Bonchev–Trinajstić information content (AvgIpc) is 3.00. The lowest BCUT2D eigenvalue weighted by Gasteiger charge is -2.24. The first kappa shape index (κ1) is 12.3. The summed E-state index contributed by atoms with van der Waals surface area (Å²) in [6.07, 6.45) is 2.60. The molecule has 3 rings (SSSR count). The Kier molecular flexibility index (Phi) is 3.36. The lowest BCUT2D eigenvalue weighted by molar-refractivity contribution is -0.130. The molecule has 102 valence electrons. The summed E-state index contributed by atoms with van der Waals surface area (Å²) in [6, 6.07) is 10.9. The molecular formula is C14H13N3O3. The molecule has 1 aromatic heterocycles. The summed E-state index contributed by atoms with van der Waals surface area (Å²) in [5, 5.41) is 3.85. The zero-order valence-electron chi connectivity index (χ0n) is 10.6. The smallest absolute Gasteiger partial charge is 0.284 e. The predicted molar refractivity (Wildman–Crippen MR) is 72.9 cm³/mol. The van der Waals surface area contributed by atoms with Crippen LogP contribution in [-0.4, -0.2) is 29.8 Å². The zero-order valence-corrected chi connectivity index (χ0v) is 10.6. The van der Waals surface area contributed by atoms with Crippen molar-refractivity contribution in [1.82, 2.24) is 10.4 Å². The minimum absolute atomic E-state index is 0.168. The molecule has 0 fully saturated rings. The number of fused-ring (bicyclic) bond motifs is 1. The average molecular weight is 271 g/mol. The standard InChI is InChI=1S/C14H13N3O3/c18-14(17-16-8-10-4-3-7-15-10)13-9-19-11-5-1-2-6-12(11)20-13/h1-8,13,15H,9H2,(H,17,18)/b16-8-/t13-/m0/s1. The molecule has 0 aliphatic carbocycles. The number of aromatic nitrogens is 1. The van der Waals surface area contributed by atoms with Gasteiger partial charge in [-0.1, -0.05) is 12.1 Å². The predicted octanol–water partition coefficient (Wildman–Crippen LogP) is 1.30. The molecule has 0 radical (unpaired) electrons. The van der Waals surface area contributed by atoms with Gasteiger partial charge in [0.1, 0.15) is 6.61 Å². The summed E-state index contributed by atoms with van der Waals surface area (Å²) in [5.74, 6) is 0.862. The highest BCUT2D eigenvalue weighted by atomic mass is 16.6. The van der Waals surface area contributed by atoms with Gasteiger partial charge in [-0.3, -0.25) is 4.79 Å². The largest absolute Gasteiger partial charge is 0.485 e. The molecule has 1 aromatic carbocycles. The van der Waals surface area contributed by atoms with E-state index in [1.165, 1.54) is 6.21 Å². The number of carbonyl (C=O) groups is 1. The normalized spacial score (nSPS) is 17.1. The second kappa shape index (κ2) is 5.48. The second-order valence-electron chi connectivity index (χ2n) is 4.22. The van der Waals surface area contributed by atoms with E-state index in [1.807, 2.05) is 24.3 Å². The van der Waals surface area contributed by atoms with E-state index in [0.717, 1.165) is 5.69 Å². The SMILES string of the molecule is O=C(N/N=C\c1ccc[nH]1)[C@@H]1COc2ccccc2O1. The molecule has 0 bridgehead atoms. The Morgan fingerprint density at radius 1 is 1.30 bits per heavy atom. The molecule has 0 saturated heterocycles. The van der Waals surface area contributed by atoms with E-state index >= 15 is 0 Å². The third-order valence-corrected chi connectivity index (χ3v) is 2.80. The maximum Gasteiger partial charge on any atom is 0.284 e. The molecule has 1 aliphatic heterocycles. The van der Waals surface area contributed by atoms with Crippen LogP contribution in [0.15, 0.2) is 47.7 Å². The number of nitrogens with one attached hydrogen (secondary N) is 2. The Labute approximate surface area is 115 Å². The number of ether oxygens (including phenoxy) is 2. The Morgan fingerprint density at radius 3 is 2.95 bits per heavy atom. The number of nitrogens with zero attached hydrogens (tertiary/aromatic N) is 1. The van der Waals surface area contributed by atoms with Crippen molar-refractivity contribution in [2.24, 2.45) is 5.10 Å². The molecule has 2 aromatic rings. The molecule has 2 N–H and O–H groups in total. The van der Waals surface area contributed by atoms with Crippen LogP contribution < -0.4 is 14.9 Å². The fourth-order valence-corrected chi connectivity index (χ4v) is 1.81. The van der Waals surface area contributed by atoms with Gasteiger partial charge in [-0.15, -0.1) is 0 Å². The van der Waals surface area contributed by atoms with Crippen LogP contribution in [-0.2, 0) is 4.79 Å². The summed E-state index contributed by atoms with van der Waals surface area (Å²) in [4.78, 5) is 14.8. The molecule has 0 spiro atoms. The van der Waals surface area contributed by atoms with Crippen LogP contribution in [0.25, 0.3) is 0 Å². The fraction of sp³-hybridized carbons (Fsp3) is 0.143. The van der Waals surface area contributed by atoms with Gasteiger partial charge >= 0.3 is 0 Å². The van der Waals surface area contributed by atoms with Crippen LogP contribution in [0.3, 0.4) is 0 Å². The Hall–Kier alpha value is -2.76. The van der Waals surface area contributed by atoms with Crippen LogP contribution in [0.4, 0.5) is 0 Å². The third-order valence-electron chi connectivity index (χ3n) is 2.80. The van der Waals surface area contributed by atoms with Gasteiger partial charge < -0.3 is 14.5 Å². The van der Waals surface area contributed by atoms with Crippen LogP contribution in [0.2, 0.25) is 0 Å². The van der Waals surface area contributed by atoms with Crippen molar-refractivity contribution in [2.75, 3.05) is 6.61 Å². The van der Waals surface area contributed by atoms with E-state index in [1.54, 1.807) is 18.3 Å². The minimum atomic E-state index is -0.703. The Balaban J connectivity index is 1.59. The summed E-state index contributed by atoms with van der Waals surface area (Å²) in [5.41, 5.74) is 3.23. The van der Waals surface area contributed by atoms with Crippen molar-refractivity contribution in [3.8, 4) is 11.5 Å². The quantitative estimate of drug-likeness (QED) is 0.652. The molecule has 0 unspecified atom stereocenters. The van der Waals surface area contributed by atoms with Crippen molar-refractivity contribution in [2.45, 2.75) is 6.10 Å². The van der Waals surface area contributed by atoms with Crippen LogP contribution in [0, 0.1) is 0 Å². The summed E-state index contributed by atoms with van der Waals surface area (Å²) < 4.78 is 11.0. The van der Waals surface area contributed by atoms with Gasteiger partial charge in [-0.2, -0.15) is 5.10 Å². The highest BCUT2D eigenvalue weighted by molar-refractivity contribution is 5.84. The molecule has 2 heterocycles. The van der Waals surface area contributed by atoms with E-state index < -0.39 is 6.10 Å². The summed E-state index contributed by atoms with van der Waals surface area (Å²) in [7, 11) is 0. The molecule has 1 amide bonds. The number of rotatable bonds is 3. The topological polar surface area (TPSA) is 75.7 Å². The van der Waals surface area contributed by atoms with Crippen molar-refractivity contribution in [3.63, 3.8) is 0 Å². The second-order valence-corrected chi connectivity index (χ2v) is 4.22. The number of H-pyrrole nitrogens is 1. The number of amides is 1. The van der Waals surface area contributed by atoms with E-state index in [2.05, 4.69) is 15.5 Å². The molecule has 1 atom stereocenters. The first-order valence-corrected chi connectivity index (χ1v) is 6.18.